The standard InChI is InChI=1S/C24H27NO4/c1-3-4-5-11-16-25-21(18-14-9-10-15-19(18)29-2)20(23(27)24(25)28)22(26)17-12-7-6-8-13-17/h6-10,12-15,21,26H,3-5,11,16H2,1-2H3/t21-/m0/s1. The molecule has 0 radical (unpaired) electrons. The molecule has 1 aliphatic rings. The van der Waals surface area contributed by atoms with Gasteiger partial charge in [-0.25, -0.2) is 0 Å². The van der Waals surface area contributed by atoms with Crippen molar-refractivity contribution in [1.29, 1.82) is 0 Å². The molecule has 0 bridgehead atoms. The van der Waals surface area contributed by atoms with E-state index < -0.39 is 17.7 Å². The molecule has 2 aromatic rings. The van der Waals surface area contributed by atoms with Crippen LogP contribution in [0.3, 0.4) is 0 Å². The zero-order chi connectivity index (χ0) is 20.8. The van der Waals surface area contributed by atoms with Crippen molar-refractivity contribution in [2.45, 2.75) is 38.6 Å². The number of hydrogen-bond donors (Lipinski definition) is 1. The Morgan fingerprint density at radius 3 is 2.38 bits per heavy atom. The molecular formula is C24H27NO4. The number of aliphatic hydroxyl groups is 1. The maximum Gasteiger partial charge on any atom is 0.295 e. The van der Waals surface area contributed by atoms with Gasteiger partial charge in [0.05, 0.1) is 18.7 Å². The van der Waals surface area contributed by atoms with Gasteiger partial charge < -0.3 is 14.7 Å². The van der Waals surface area contributed by atoms with E-state index in [4.69, 9.17) is 4.74 Å². The van der Waals surface area contributed by atoms with Gasteiger partial charge in [0.25, 0.3) is 11.7 Å². The lowest BCUT2D eigenvalue weighted by Crippen LogP contribution is -2.30. The lowest BCUT2D eigenvalue weighted by Gasteiger charge is -2.26. The first kappa shape index (κ1) is 20.6. The van der Waals surface area contributed by atoms with Crippen LogP contribution in [0.25, 0.3) is 5.76 Å². The number of amides is 1. The number of aliphatic hydroxyl groups excluding tert-OH is 1. The minimum Gasteiger partial charge on any atom is -0.507 e. The number of nitrogens with zero attached hydrogens (tertiary/aromatic N) is 1. The summed E-state index contributed by atoms with van der Waals surface area (Å²) >= 11 is 0. The number of rotatable bonds is 8. The minimum absolute atomic E-state index is 0.112. The number of ether oxygens (including phenoxy) is 1. The Hall–Kier alpha value is -3.08. The number of para-hydroxylation sites is 1. The first-order valence-corrected chi connectivity index (χ1v) is 10.1. The highest BCUT2D eigenvalue weighted by molar-refractivity contribution is 6.46. The van der Waals surface area contributed by atoms with Crippen molar-refractivity contribution < 1.29 is 19.4 Å². The second kappa shape index (κ2) is 9.41. The molecule has 2 aromatic carbocycles. The van der Waals surface area contributed by atoms with Crippen LogP contribution in [-0.2, 0) is 9.59 Å². The molecule has 0 spiro atoms. The van der Waals surface area contributed by atoms with E-state index >= 15 is 0 Å². The van der Waals surface area contributed by atoms with Gasteiger partial charge in [0.1, 0.15) is 11.5 Å². The van der Waals surface area contributed by atoms with Gasteiger partial charge in [-0.3, -0.25) is 9.59 Å². The summed E-state index contributed by atoms with van der Waals surface area (Å²) in [6.45, 7) is 2.58. The van der Waals surface area contributed by atoms with Crippen LogP contribution in [-0.4, -0.2) is 35.4 Å². The fraction of sp³-hybridized carbons (Fsp3) is 0.333. The zero-order valence-electron chi connectivity index (χ0n) is 16.9. The van der Waals surface area contributed by atoms with E-state index in [9.17, 15) is 14.7 Å². The third kappa shape index (κ3) is 4.19. The van der Waals surface area contributed by atoms with Gasteiger partial charge in [-0.15, -0.1) is 0 Å². The second-order valence-corrected chi connectivity index (χ2v) is 7.16. The lowest BCUT2D eigenvalue weighted by atomic mass is 9.94. The Morgan fingerprint density at radius 1 is 1.00 bits per heavy atom. The number of likely N-dealkylation sites (tertiary alicyclic amines) is 1. The topological polar surface area (TPSA) is 66.8 Å². The average molecular weight is 393 g/mol. The number of ketones is 1. The highest BCUT2D eigenvalue weighted by Gasteiger charge is 2.46. The van der Waals surface area contributed by atoms with Gasteiger partial charge in [-0.2, -0.15) is 0 Å². The van der Waals surface area contributed by atoms with Crippen molar-refractivity contribution in [3.8, 4) is 5.75 Å². The van der Waals surface area contributed by atoms with E-state index in [-0.39, 0.29) is 11.3 Å². The van der Waals surface area contributed by atoms with Gasteiger partial charge in [-0.1, -0.05) is 74.7 Å². The Labute approximate surface area is 171 Å². The first-order valence-electron chi connectivity index (χ1n) is 10.1. The Balaban J connectivity index is 2.10. The molecule has 1 heterocycles. The van der Waals surface area contributed by atoms with E-state index in [1.165, 1.54) is 0 Å². The summed E-state index contributed by atoms with van der Waals surface area (Å²) in [5.41, 5.74) is 1.32. The summed E-state index contributed by atoms with van der Waals surface area (Å²) in [7, 11) is 1.56. The number of benzene rings is 2. The van der Waals surface area contributed by atoms with Crippen LogP contribution in [0.2, 0.25) is 0 Å². The van der Waals surface area contributed by atoms with E-state index in [0.29, 0.717) is 23.4 Å². The van der Waals surface area contributed by atoms with Crippen LogP contribution in [0.5, 0.6) is 5.75 Å². The molecule has 1 fully saturated rings. The number of unbranched alkanes of at least 4 members (excludes halogenated alkanes) is 3. The SMILES string of the molecule is CCCCCCN1C(=O)C(=O)C(=C(O)c2ccccc2)[C@@H]1c1ccccc1OC. The third-order valence-corrected chi connectivity index (χ3v) is 5.27. The summed E-state index contributed by atoms with van der Waals surface area (Å²) < 4.78 is 5.50. The Kier molecular flexibility index (Phi) is 6.70. The number of hydrogen-bond acceptors (Lipinski definition) is 4. The summed E-state index contributed by atoms with van der Waals surface area (Å²) in [5.74, 6) is -0.805. The highest BCUT2D eigenvalue weighted by Crippen LogP contribution is 2.42. The van der Waals surface area contributed by atoms with Gasteiger partial charge in [0.2, 0.25) is 0 Å². The van der Waals surface area contributed by atoms with Crippen molar-refractivity contribution in [2.24, 2.45) is 0 Å². The number of Topliss-reactive ketones (excluding diaryl/α,β-unsaturated/α-hetero) is 1. The molecule has 3 rings (SSSR count). The molecule has 1 atom stereocenters. The van der Waals surface area contributed by atoms with Crippen molar-refractivity contribution in [2.75, 3.05) is 13.7 Å². The van der Waals surface area contributed by atoms with E-state index in [1.807, 2.05) is 24.3 Å². The maximum atomic E-state index is 13.0. The number of carbonyl (C=O) groups excluding carboxylic acids is 2. The fourth-order valence-corrected chi connectivity index (χ4v) is 3.79. The van der Waals surface area contributed by atoms with Gasteiger partial charge in [0, 0.05) is 17.7 Å². The molecule has 1 N–H and O–H groups in total. The smallest absolute Gasteiger partial charge is 0.295 e. The van der Waals surface area contributed by atoms with Crippen molar-refractivity contribution in [1.82, 2.24) is 4.90 Å². The molecule has 0 unspecified atom stereocenters. The normalized spacial score (nSPS) is 18.3. The molecular weight excluding hydrogens is 366 g/mol. The fourth-order valence-electron chi connectivity index (χ4n) is 3.79. The van der Waals surface area contributed by atoms with Crippen LogP contribution in [0.15, 0.2) is 60.2 Å². The minimum atomic E-state index is -0.673. The number of methoxy groups -OCH3 is 1. The highest BCUT2D eigenvalue weighted by atomic mass is 16.5. The second-order valence-electron chi connectivity index (χ2n) is 7.16. The summed E-state index contributed by atoms with van der Waals surface area (Å²) in [5, 5.41) is 11.0. The molecule has 0 saturated carbocycles. The summed E-state index contributed by atoms with van der Waals surface area (Å²) in [6, 6.07) is 15.5. The van der Waals surface area contributed by atoms with Gasteiger partial charge in [0.15, 0.2) is 0 Å². The largest absolute Gasteiger partial charge is 0.507 e. The quantitative estimate of drug-likeness (QED) is 0.306. The molecule has 0 aliphatic carbocycles. The first-order chi connectivity index (χ1) is 14.1. The predicted molar refractivity (Wildman–Crippen MR) is 113 cm³/mol. The Bertz CT molecular complexity index is 904. The number of carbonyl (C=O) groups is 2. The molecule has 152 valence electrons. The molecule has 0 aromatic heterocycles. The predicted octanol–water partition coefficient (Wildman–Crippen LogP) is 4.70. The molecule has 29 heavy (non-hydrogen) atoms. The van der Waals surface area contributed by atoms with E-state index in [1.54, 1.807) is 42.3 Å². The Morgan fingerprint density at radius 2 is 1.69 bits per heavy atom. The van der Waals surface area contributed by atoms with Crippen LogP contribution < -0.4 is 4.74 Å². The molecule has 5 heteroatoms. The lowest BCUT2D eigenvalue weighted by molar-refractivity contribution is -0.139. The zero-order valence-corrected chi connectivity index (χ0v) is 16.9. The van der Waals surface area contributed by atoms with Crippen molar-refractivity contribution in [3.63, 3.8) is 0 Å². The monoisotopic (exact) mass is 393 g/mol. The molecule has 1 saturated heterocycles. The summed E-state index contributed by atoms with van der Waals surface area (Å²) in [6.07, 6.45) is 3.95. The molecule has 5 nitrogen and oxygen atoms in total. The maximum absolute atomic E-state index is 13.0. The summed E-state index contributed by atoms with van der Waals surface area (Å²) in [4.78, 5) is 27.4. The van der Waals surface area contributed by atoms with Crippen LogP contribution in [0.4, 0.5) is 0 Å². The van der Waals surface area contributed by atoms with Crippen LogP contribution >= 0.6 is 0 Å². The van der Waals surface area contributed by atoms with E-state index in [0.717, 1.165) is 25.7 Å². The molecule has 1 aliphatic heterocycles. The van der Waals surface area contributed by atoms with E-state index in [2.05, 4.69) is 6.92 Å². The van der Waals surface area contributed by atoms with Gasteiger partial charge in [-0.05, 0) is 12.5 Å². The van der Waals surface area contributed by atoms with Crippen LogP contribution in [0, 0.1) is 0 Å². The van der Waals surface area contributed by atoms with Crippen molar-refractivity contribution >= 4 is 17.4 Å². The average Bonchev–Trinajstić information content (AvgIpc) is 3.01. The van der Waals surface area contributed by atoms with Crippen LogP contribution in [0.1, 0.15) is 49.8 Å². The van der Waals surface area contributed by atoms with Crippen molar-refractivity contribution in [3.05, 3.63) is 71.3 Å². The van der Waals surface area contributed by atoms with Gasteiger partial charge >= 0.3 is 0 Å². The third-order valence-electron chi connectivity index (χ3n) is 5.27. The molecule has 1 amide bonds.